The summed E-state index contributed by atoms with van der Waals surface area (Å²) < 4.78 is 67.9. The molecule has 1 aromatic carbocycles. The number of benzene rings is 1. The summed E-state index contributed by atoms with van der Waals surface area (Å²) in [5.74, 6) is -1.21. The Morgan fingerprint density at radius 2 is 2.00 bits per heavy atom. The molecule has 1 aromatic rings. The summed E-state index contributed by atoms with van der Waals surface area (Å²) in [6, 6.07) is 3.28. The first-order valence-electron chi connectivity index (χ1n) is 6.04. The van der Waals surface area contributed by atoms with E-state index in [1.807, 2.05) is 0 Å². The Bertz CT molecular complexity index is 665. The van der Waals surface area contributed by atoms with E-state index in [-0.39, 0.29) is 24.2 Å². The summed E-state index contributed by atoms with van der Waals surface area (Å²) in [6.45, 7) is 5.12. The average molecular weight is 338 g/mol. The van der Waals surface area contributed by atoms with E-state index in [9.17, 15) is 26.4 Å². The van der Waals surface area contributed by atoms with Crippen LogP contribution in [-0.4, -0.2) is 26.5 Å². The minimum atomic E-state index is -5.79. The second kappa shape index (κ2) is 6.82. The molecule has 0 aromatic heterocycles. The Morgan fingerprint density at radius 3 is 2.50 bits per heavy atom. The predicted molar refractivity (Wildman–Crippen MR) is 71.9 cm³/mol. The van der Waals surface area contributed by atoms with Crippen molar-refractivity contribution in [1.82, 2.24) is 0 Å². The van der Waals surface area contributed by atoms with Crippen molar-refractivity contribution in [1.29, 1.82) is 0 Å². The Morgan fingerprint density at radius 1 is 1.36 bits per heavy atom. The molecule has 0 bridgehead atoms. The summed E-state index contributed by atoms with van der Waals surface area (Å²) in [4.78, 5) is 11.6. The van der Waals surface area contributed by atoms with Crippen LogP contribution < -0.4 is 4.18 Å². The first kappa shape index (κ1) is 18.0. The highest BCUT2D eigenvalue weighted by molar-refractivity contribution is 7.88. The van der Waals surface area contributed by atoms with Crippen molar-refractivity contribution in [3.63, 3.8) is 0 Å². The van der Waals surface area contributed by atoms with Gasteiger partial charge in [-0.05, 0) is 31.5 Å². The lowest BCUT2D eigenvalue weighted by atomic mass is 10.1. The molecule has 0 unspecified atom stereocenters. The molecule has 0 N–H and O–H groups in total. The van der Waals surface area contributed by atoms with Crippen LogP contribution in [0.2, 0.25) is 0 Å². The Hall–Kier alpha value is -2.03. The van der Waals surface area contributed by atoms with Gasteiger partial charge in [0.25, 0.3) is 0 Å². The summed E-state index contributed by atoms with van der Waals surface area (Å²) in [7, 11) is -5.79. The van der Waals surface area contributed by atoms with Gasteiger partial charge in [0.05, 0.1) is 12.2 Å². The van der Waals surface area contributed by atoms with Crippen molar-refractivity contribution in [2.45, 2.75) is 18.9 Å². The van der Waals surface area contributed by atoms with Gasteiger partial charge < -0.3 is 8.92 Å². The molecule has 0 aliphatic carbocycles. The van der Waals surface area contributed by atoms with Crippen molar-refractivity contribution in [2.75, 3.05) is 6.61 Å². The third-order valence-corrected chi connectivity index (χ3v) is 3.38. The maximum Gasteiger partial charge on any atom is 0.534 e. The minimum absolute atomic E-state index is 0.00988. The number of rotatable bonds is 6. The molecule has 0 aliphatic heterocycles. The van der Waals surface area contributed by atoms with Crippen LogP contribution >= 0.6 is 0 Å². The molecule has 0 aliphatic rings. The van der Waals surface area contributed by atoms with Gasteiger partial charge in [-0.25, -0.2) is 4.79 Å². The van der Waals surface area contributed by atoms with Crippen LogP contribution in [0.25, 0.3) is 0 Å². The number of carbonyl (C=O) groups is 1. The van der Waals surface area contributed by atoms with Crippen LogP contribution in [0.15, 0.2) is 30.9 Å². The summed E-state index contributed by atoms with van der Waals surface area (Å²) in [5, 5.41) is 0. The third kappa shape index (κ3) is 4.23. The molecule has 0 atom stereocenters. The van der Waals surface area contributed by atoms with Crippen LogP contribution in [0.5, 0.6) is 5.75 Å². The number of allylic oxidation sites excluding steroid dienone is 1. The lowest BCUT2D eigenvalue weighted by molar-refractivity contribution is -0.0500. The number of carbonyl (C=O) groups excluding carboxylic acids is 1. The van der Waals surface area contributed by atoms with Crippen LogP contribution in [0.4, 0.5) is 13.2 Å². The summed E-state index contributed by atoms with van der Waals surface area (Å²) in [5.41, 5.74) is -5.41. The second-order valence-electron chi connectivity index (χ2n) is 4.02. The average Bonchev–Trinajstić information content (AvgIpc) is 2.39. The zero-order chi connectivity index (χ0) is 17.0. The van der Waals surface area contributed by atoms with Gasteiger partial charge in [-0.3, -0.25) is 0 Å². The fourth-order valence-corrected chi connectivity index (χ4v) is 1.98. The van der Waals surface area contributed by atoms with Gasteiger partial charge in [-0.15, -0.1) is 6.58 Å². The first-order chi connectivity index (χ1) is 10.1. The summed E-state index contributed by atoms with van der Waals surface area (Å²) >= 11 is 0. The molecule has 22 heavy (non-hydrogen) atoms. The third-order valence-electron chi connectivity index (χ3n) is 2.42. The van der Waals surface area contributed by atoms with Crippen molar-refractivity contribution < 1.29 is 35.3 Å². The zero-order valence-corrected chi connectivity index (χ0v) is 12.3. The van der Waals surface area contributed by atoms with Gasteiger partial charge in [0.15, 0.2) is 0 Å². The molecule has 0 spiro atoms. The molecule has 1 rings (SSSR count). The lowest BCUT2D eigenvalue weighted by Crippen LogP contribution is -2.28. The quantitative estimate of drug-likeness (QED) is 0.345. The van der Waals surface area contributed by atoms with Crippen LogP contribution in [0.3, 0.4) is 0 Å². The molecule has 122 valence electrons. The maximum atomic E-state index is 12.3. The second-order valence-corrected chi connectivity index (χ2v) is 5.56. The predicted octanol–water partition coefficient (Wildman–Crippen LogP) is 2.82. The van der Waals surface area contributed by atoms with Gasteiger partial charge in [0, 0.05) is 5.56 Å². The van der Waals surface area contributed by atoms with Gasteiger partial charge in [0.2, 0.25) is 0 Å². The first-order valence-corrected chi connectivity index (χ1v) is 7.45. The topological polar surface area (TPSA) is 69.7 Å². The van der Waals surface area contributed by atoms with Crippen molar-refractivity contribution >= 4 is 16.1 Å². The van der Waals surface area contributed by atoms with E-state index in [4.69, 9.17) is 4.74 Å². The normalized spacial score (nSPS) is 11.8. The molecular formula is C13H13F3O5S. The van der Waals surface area contributed by atoms with E-state index in [0.29, 0.717) is 0 Å². The number of ether oxygens (including phenoxy) is 1. The number of esters is 1. The largest absolute Gasteiger partial charge is 0.534 e. The van der Waals surface area contributed by atoms with Gasteiger partial charge >= 0.3 is 21.6 Å². The highest BCUT2D eigenvalue weighted by Gasteiger charge is 2.48. The molecule has 0 saturated heterocycles. The van der Waals surface area contributed by atoms with Crippen molar-refractivity contribution in [3.8, 4) is 5.75 Å². The summed E-state index contributed by atoms with van der Waals surface area (Å²) in [6.07, 6.45) is 1.34. The standard InChI is InChI=1S/C13H13F3O5S/c1-3-5-9-8-10(12(17)20-4-2)6-7-11(9)21-22(18,19)13(14,15)16/h3,6-8H,1,4-5H2,2H3. The Balaban J connectivity index is 3.21. The lowest BCUT2D eigenvalue weighted by Gasteiger charge is -2.13. The van der Waals surface area contributed by atoms with E-state index < -0.39 is 27.3 Å². The SMILES string of the molecule is C=CCc1cc(C(=O)OCC)ccc1OS(=O)(=O)C(F)(F)F. The number of hydrogen-bond acceptors (Lipinski definition) is 5. The molecule has 5 nitrogen and oxygen atoms in total. The molecule has 9 heteroatoms. The highest BCUT2D eigenvalue weighted by atomic mass is 32.2. The number of hydrogen-bond donors (Lipinski definition) is 0. The van der Waals surface area contributed by atoms with Gasteiger partial charge in [-0.1, -0.05) is 6.08 Å². The number of halogens is 3. The van der Waals surface area contributed by atoms with Crippen LogP contribution in [0, 0.1) is 0 Å². The zero-order valence-electron chi connectivity index (χ0n) is 11.5. The van der Waals surface area contributed by atoms with Gasteiger partial charge in [-0.2, -0.15) is 21.6 Å². The molecule has 0 fully saturated rings. The van der Waals surface area contributed by atoms with Crippen LogP contribution in [-0.2, 0) is 21.3 Å². The van der Waals surface area contributed by atoms with Crippen molar-refractivity contribution in [2.24, 2.45) is 0 Å². The van der Waals surface area contributed by atoms with E-state index >= 15 is 0 Å². The van der Waals surface area contributed by atoms with E-state index in [1.165, 1.54) is 12.1 Å². The minimum Gasteiger partial charge on any atom is -0.462 e. The molecule has 0 amide bonds. The highest BCUT2D eigenvalue weighted by Crippen LogP contribution is 2.30. The van der Waals surface area contributed by atoms with E-state index in [1.54, 1.807) is 6.92 Å². The molecular weight excluding hydrogens is 325 g/mol. The Kier molecular flexibility index (Phi) is 5.59. The maximum absolute atomic E-state index is 12.3. The van der Waals surface area contributed by atoms with Gasteiger partial charge in [0.1, 0.15) is 5.75 Å². The smallest absolute Gasteiger partial charge is 0.462 e. The monoisotopic (exact) mass is 338 g/mol. The molecule has 0 heterocycles. The molecule has 0 radical (unpaired) electrons. The van der Waals surface area contributed by atoms with E-state index in [0.717, 1.165) is 12.1 Å². The number of alkyl halides is 3. The molecule has 0 saturated carbocycles. The van der Waals surface area contributed by atoms with E-state index in [2.05, 4.69) is 10.8 Å². The fourth-order valence-electron chi connectivity index (χ4n) is 1.48. The van der Waals surface area contributed by atoms with Crippen molar-refractivity contribution in [3.05, 3.63) is 42.0 Å². The Labute approximate surface area is 125 Å². The van der Waals surface area contributed by atoms with Crippen LogP contribution in [0.1, 0.15) is 22.8 Å². The fraction of sp³-hybridized carbons (Fsp3) is 0.308.